The van der Waals surface area contributed by atoms with Gasteiger partial charge in [-0.15, -0.1) is 0 Å². The van der Waals surface area contributed by atoms with E-state index >= 15 is 0 Å². The van der Waals surface area contributed by atoms with Crippen molar-refractivity contribution in [2.45, 2.75) is 13.0 Å². The van der Waals surface area contributed by atoms with Gasteiger partial charge in [0, 0.05) is 6.20 Å². The summed E-state index contributed by atoms with van der Waals surface area (Å²) in [7, 11) is 1.33. The lowest BCUT2D eigenvalue weighted by atomic mass is 9.94. The number of nitrogens with one attached hydrogen (secondary N) is 3. The normalized spacial score (nSPS) is 13.0. The molecule has 1 heterocycles. The molecule has 2 rings (SSSR count). The van der Waals surface area contributed by atoms with E-state index < -0.39 is 24.0 Å². The van der Waals surface area contributed by atoms with Gasteiger partial charge in [0.1, 0.15) is 0 Å². The van der Waals surface area contributed by atoms with Crippen LogP contribution >= 0.6 is 0 Å². The highest BCUT2D eigenvalue weighted by Gasteiger charge is 2.27. The predicted molar refractivity (Wildman–Crippen MR) is 81.1 cm³/mol. The number of carbonyl (C=O) groups excluding carboxylic acids is 2. The summed E-state index contributed by atoms with van der Waals surface area (Å²) in [6.45, 7) is 1.71. The first kappa shape index (κ1) is 15.6. The van der Waals surface area contributed by atoms with Crippen LogP contribution in [0.4, 0.5) is 10.5 Å². The van der Waals surface area contributed by atoms with Crippen LogP contribution in [-0.2, 0) is 9.53 Å². The Morgan fingerprint density at radius 2 is 2.00 bits per heavy atom. The van der Waals surface area contributed by atoms with Crippen LogP contribution in [0.1, 0.15) is 18.5 Å². The van der Waals surface area contributed by atoms with Gasteiger partial charge >= 0.3 is 12.0 Å². The van der Waals surface area contributed by atoms with Crippen molar-refractivity contribution in [3.63, 3.8) is 0 Å². The molecular formula is C15H18N4O3. The summed E-state index contributed by atoms with van der Waals surface area (Å²) >= 11 is 0. The Labute approximate surface area is 128 Å². The van der Waals surface area contributed by atoms with Crippen molar-refractivity contribution in [1.82, 2.24) is 15.5 Å². The zero-order valence-electron chi connectivity index (χ0n) is 12.4. The Balaban J connectivity index is 2.14. The standard InChI is InChI=1S/C15H18N4O3/c1-10(14(20)22-2)13(11-6-4-3-5-7-11)19-15(21)18-12-8-16-17-9-12/h3-10,13H,1-2H3,(H,16,17)(H2,18,19,21)/t10-,13-/m0/s1. The van der Waals surface area contributed by atoms with E-state index in [-0.39, 0.29) is 0 Å². The number of H-pyrrole nitrogens is 1. The van der Waals surface area contributed by atoms with E-state index in [1.165, 1.54) is 13.3 Å². The number of aromatic amines is 1. The Morgan fingerprint density at radius 1 is 1.27 bits per heavy atom. The maximum absolute atomic E-state index is 12.1. The highest BCUT2D eigenvalue weighted by atomic mass is 16.5. The molecule has 2 amide bonds. The lowest BCUT2D eigenvalue weighted by molar-refractivity contribution is -0.145. The Bertz CT molecular complexity index is 613. The van der Waals surface area contributed by atoms with Gasteiger partial charge in [-0.3, -0.25) is 9.89 Å². The summed E-state index contributed by atoms with van der Waals surface area (Å²) in [6.07, 6.45) is 3.04. The van der Waals surface area contributed by atoms with Crippen LogP contribution in [0.25, 0.3) is 0 Å². The van der Waals surface area contributed by atoms with Crippen molar-refractivity contribution in [3.05, 3.63) is 48.3 Å². The molecule has 0 radical (unpaired) electrons. The molecule has 2 atom stereocenters. The van der Waals surface area contributed by atoms with E-state index in [4.69, 9.17) is 4.74 Å². The SMILES string of the molecule is COC(=O)[C@@H](C)[C@H](NC(=O)Nc1cn[nH]c1)c1ccccc1. The topological polar surface area (TPSA) is 96.1 Å². The molecule has 0 aliphatic rings. The molecular weight excluding hydrogens is 284 g/mol. The molecule has 3 N–H and O–H groups in total. The van der Waals surface area contributed by atoms with Gasteiger partial charge in [-0.2, -0.15) is 5.10 Å². The molecule has 0 bridgehead atoms. The number of urea groups is 1. The van der Waals surface area contributed by atoms with Gasteiger partial charge in [0.15, 0.2) is 0 Å². The van der Waals surface area contributed by atoms with Gasteiger partial charge < -0.3 is 15.4 Å². The molecule has 0 unspecified atom stereocenters. The van der Waals surface area contributed by atoms with Crippen molar-refractivity contribution in [2.24, 2.45) is 5.92 Å². The summed E-state index contributed by atoms with van der Waals surface area (Å²) in [6, 6.07) is 8.34. The first-order chi connectivity index (χ1) is 10.6. The van der Waals surface area contributed by atoms with E-state index in [1.807, 2.05) is 30.3 Å². The minimum atomic E-state index is -0.525. The summed E-state index contributed by atoms with van der Waals surface area (Å²) in [4.78, 5) is 23.9. The molecule has 1 aromatic heterocycles. The predicted octanol–water partition coefficient (Wildman–Crippen LogP) is 2.08. The first-order valence-corrected chi connectivity index (χ1v) is 6.81. The van der Waals surface area contributed by atoms with Gasteiger partial charge in [-0.25, -0.2) is 4.79 Å². The number of rotatable bonds is 5. The van der Waals surface area contributed by atoms with E-state index in [9.17, 15) is 9.59 Å². The fraction of sp³-hybridized carbons (Fsp3) is 0.267. The largest absolute Gasteiger partial charge is 0.469 e. The summed E-state index contributed by atoms with van der Waals surface area (Å²) in [5.41, 5.74) is 1.36. The molecule has 7 nitrogen and oxygen atoms in total. The quantitative estimate of drug-likeness (QED) is 0.737. The fourth-order valence-electron chi connectivity index (χ4n) is 2.11. The second kappa shape index (κ2) is 7.26. The van der Waals surface area contributed by atoms with Crippen LogP contribution in [0.5, 0.6) is 0 Å². The average Bonchev–Trinajstić information content (AvgIpc) is 3.05. The van der Waals surface area contributed by atoms with Crippen LogP contribution in [0.2, 0.25) is 0 Å². The number of benzene rings is 1. The van der Waals surface area contributed by atoms with Crippen LogP contribution in [0, 0.1) is 5.92 Å². The maximum Gasteiger partial charge on any atom is 0.319 e. The van der Waals surface area contributed by atoms with Crippen molar-refractivity contribution >= 4 is 17.7 Å². The van der Waals surface area contributed by atoms with Gasteiger partial charge in [-0.05, 0) is 12.5 Å². The monoisotopic (exact) mass is 302 g/mol. The van der Waals surface area contributed by atoms with Gasteiger partial charge in [0.2, 0.25) is 0 Å². The summed E-state index contributed by atoms with van der Waals surface area (Å²) < 4.78 is 4.78. The number of hydrogen-bond donors (Lipinski definition) is 3. The van der Waals surface area contributed by atoms with Gasteiger partial charge in [0.05, 0.1) is 31.0 Å². The van der Waals surface area contributed by atoms with Crippen molar-refractivity contribution < 1.29 is 14.3 Å². The number of amides is 2. The molecule has 116 valence electrons. The zero-order valence-corrected chi connectivity index (χ0v) is 12.4. The highest BCUT2D eigenvalue weighted by Crippen LogP contribution is 2.23. The number of ether oxygens (including phenoxy) is 1. The van der Waals surface area contributed by atoms with Crippen LogP contribution in [0.3, 0.4) is 0 Å². The van der Waals surface area contributed by atoms with Gasteiger partial charge in [0.25, 0.3) is 0 Å². The number of aromatic nitrogens is 2. The first-order valence-electron chi connectivity index (χ1n) is 6.81. The highest BCUT2D eigenvalue weighted by molar-refractivity contribution is 5.89. The third-order valence-corrected chi connectivity index (χ3v) is 3.27. The maximum atomic E-state index is 12.1. The second-order valence-corrected chi connectivity index (χ2v) is 4.79. The molecule has 0 fully saturated rings. The molecule has 0 spiro atoms. The van der Waals surface area contributed by atoms with Crippen LogP contribution in [-0.4, -0.2) is 29.3 Å². The van der Waals surface area contributed by atoms with Crippen molar-refractivity contribution in [1.29, 1.82) is 0 Å². The number of anilines is 1. The molecule has 2 aromatic rings. The van der Waals surface area contributed by atoms with Crippen LogP contribution in [0.15, 0.2) is 42.7 Å². The molecule has 7 heteroatoms. The minimum Gasteiger partial charge on any atom is -0.469 e. The molecule has 1 aromatic carbocycles. The number of nitrogens with zero attached hydrogens (tertiary/aromatic N) is 1. The van der Waals surface area contributed by atoms with E-state index in [0.717, 1.165) is 5.56 Å². The number of methoxy groups -OCH3 is 1. The molecule has 0 aliphatic carbocycles. The minimum absolute atomic E-state index is 0.391. The molecule has 22 heavy (non-hydrogen) atoms. The number of hydrogen-bond acceptors (Lipinski definition) is 4. The molecule has 0 aliphatic heterocycles. The van der Waals surface area contributed by atoms with E-state index in [1.54, 1.807) is 13.1 Å². The smallest absolute Gasteiger partial charge is 0.319 e. The zero-order chi connectivity index (χ0) is 15.9. The van der Waals surface area contributed by atoms with E-state index in [2.05, 4.69) is 20.8 Å². The Morgan fingerprint density at radius 3 is 2.59 bits per heavy atom. The lowest BCUT2D eigenvalue weighted by Crippen LogP contribution is -2.38. The van der Waals surface area contributed by atoms with Crippen LogP contribution < -0.4 is 10.6 Å². The second-order valence-electron chi connectivity index (χ2n) is 4.79. The summed E-state index contributed by atoms with van der Waals surface area (Å²) in [5.74, 6) is -0.917. The summed E-state index contributed by atoms with van der Waals surface area (Å²) in [5, 5.41) is 11.8. The third kappa shape index (κ3) is 3.85. The van der Waals surface area contributed by atoms with Crippen molar-refractivity contribution in [2.75, 3.05) is 12.4 Å². The fourth-order valence-corrected chi connectivity index (χ4v) is 2.11. The van der Waals surface area contributed by atoms with Gasteiger partial charge in [-0.1, -0.05) is 30.3 Å². The third-order valence-electron chi connectivity index (χ3n) is 3.27. The number of esters is 1. The molecule has 0 saturated heterocycles. The van der Waals surface area contributed by atoms with E-state index in [0.29, 0.717) is 5.69 Å². The number of carbonyl (C=O) groups is 2. The molecule has 0 saturated carbocycles. The Kier molecular flexibility index (Phi) is 5.13. The Hall–Kier alpha value is -2.83. The average molecular weight is 302 g/mol. The van der Waals surface area contributed by atoms with Crippen molar-refractivity contribution in [3.8, 4) is 0 Å². The lowest BCUT2D eigenvalue weighted by Gasteiger charge is -2.24.